The lowest BCUT2D eigenvalue weighted by Gasteiger charge is -2.24. The first-order valence-corrected chi connectivity index (χ1v) is 9.02. The molecule has 106 valence electrons. The number of benzene rings is 1. The van der Waals surface area contributed by atoms with E-state index in [0.29, 0.717) is 6.04 Å². The second kappa shape index (κ2) is 6.88. The predicted molar refractivity (Wildman–Crippen MR) is 90.0 cm³/mol. The molecule has 1 N–H and O–H groups in total. The Bertz CT molecular complexity index is 532. The maximum Gasteiger partial charge on any atom is 0.0446 e. The summed E-state index contributed by atoms with van der Waals surface area (Å²) in [5.74, 6) is 0.802. The molecule has 20 heavy (non-hydrogen) atoms. The van der Waals surface area contributed by atoms with Crippen LogP contribution >= 0.6 is 27.3 Å². The Kier molecular flexibility index (Phi) is 4.92. The molecule has 0 radical (unpaired) electrons. The van der Waals surface area contributed by atoms with Crippen molar-refractivity contribution in [1.29, 1.82) is 0 Å². The Morgan fingerprint density at radius 2 is 1.95 bits per heavy atom. The molecule has 1 saturated carbocycles. The maximum atomic E-state index is 3.80. The van der Waals surface area contributed by atoms with Crippen LogP contribution in [-0.4, -0.2) is 0 Å². The molecule has 0 spiro atoms. The van der Waals surface area contributed by atoms with Crippen LogP contribution in [0.5, 0.6) is 0 Å². The second-order valence-electron chi connectivity index (χ2n) is 5.51. The van der Waals surface area contributed by atoms with Gasteiger partial charge in [-0.05, 0) is 41.8 Å². The normalized spacial score (nSPS) is 17.4. The van der Waals surface area contributed by atoms with E-state index in [1.807, 2.05) is 11.3 Å². The van der Waals surface area contributed by atoms with Crippen molar-refractivity contribution >= 4 is 27.3 Å². The van der Waals surface area contributed by atoms with Gasteiger partial charge in [0.15, 0.2) is 0 Å². The quantitative estimate of drug-likeness (QED) is 0.747. The SMILES string of the molecule is Brc1ccccc1CNC(c1cccs1)C1CCCC1. The highest BCUT2D eigenvalue weighted by Crippen LogP contribution is 2.37. The number of nitrogens with one attached hydrogen (secondary N) is 1. The van der Waals surface area contributed by atoms with Crippen LogP contribution in [0, 0.1) is 5.92 Å². The van der Waals surface area contributed by atoms with Crippen molar-refractivity contribution < 1.29 is 0 Å². The minimum absolute atomic E-state index is 0.518. The fourth-order valence-electron chi connectivity index (χ4n) is 3.12. The van der Waals surface area contributed by atoms with Gasteiger partial charge in [-0.3, -0.25) is 0 Å². The summed E-state index contributed by atoms with van der Waals surface area (Å²) in [5, 5.41) is 5.99. The standard InChI is InChI=1S/C17H20BrNS/c18-15-9-4-3-8-14(15)12-19-17(13-6-1-2-7-13)16-10-5-11-20-16/h3-5,8-11,13,17,19H,1-2,6-7,12H2. The lowest BCUT2D eigenvalue weighted by molar-refractivity contribution is 0.370. The Morgan fingerprint density at radius 3 is 2.65 bits per heavy atom. The first-order valence-electron chi connectivity index (χ1n) is 7.35. The van der Waals surface area contributed by atoms with E-state index in [0.717, 1.165) is 12.5 Å². The van der Waals surface area contributed by atoms with E-state index in [4.69, 9.17) is 0 Å². The Hall–Kier alpha value is -0.640. The van der Waals surface area contributed by atoms with Crippen molar-refractivity contribution in [2.45, 2.75) is 38.3 Å². The van der Waals surface area contributed by atoms with E-state index >= 15 is 0 Å². The zero-order valence-corrected chi connectivity index (χ0v) is 13.9. The van der Waals surface area contributed by atoms with Crippen LogP contribution in [0.4, 0.5) is 0 Å². The molecule has 1 atom stereocenters. The van der Waals surface area contributed by atoms with Crippen molar-refractivity contribution in [2.24, 2.45) is 5.92 Å². The van der Waals surface area contributed by atoms with Crippen LogP contribution in [-0.2, 0) is 6.54 Å². The highest BCUT2D eigenvalue weighted by atomic mass is 79.9. The molecule has 0 saturated heterocycles. The summed E-state index contributed by atoms with van der Waals surface area (Å²) in [7, 11) is 0. The molecular formula is C17H20BrNS. The molecule has 1 aliphatic rings. The summed E-state index contributed by atoms with van der Waals surface area (Å²) >= 11 is 5.52. The Morgan fingerprint density at radius 1 is 1.15 bits per heavy atom. The molecule has 1 aromatic carbocycles. The van der Waals surface area contributed by atoms with Crippen LogP contribution < -0.4 is 5.32 Å². The van der Waals surface area contributed by atoms with E-state index in [9.17, 15) is 0 Å². The summed E-state index contributed by atoms with van der Waals surface area (Å²) < 4.78 is 1.20. The van der Waals surface area contributed by atoms with Gasteiger partial charge < -0.3 is 5.32 Å². The third-order valence-electron chi connectivity index (χ3n) is 4.19. The van der Waals surface area contributed by atoms with Crippen LogP contribution in [0.1, 0.15) is 42.2 Å². The molecule has 0 aliphatic heterocycles. The molecule has 3 rings (SSSR count). The summed E-state index contributed by atoms with van der Waals surface area (Å²) in [5.41, 5.74) is 1.34. The van der Waals surface area contributed by atoms with Crippen molar-refractivity contribution in [3.8, 4) is 0 Å². The molecule has 1 aromatic heterocycles. The third kappa shape index (κ3) is 3.33. The zero-order valence-electron chi connectivity index (χ0n) is 11.5. The number of hydrogen-bond acceptors (Lipinski definition) is 2. The molecule has 1 aliphatic carbocycles. The van der Waals surface area contributed by atoms with Gasteiger partial charge in [0.2, 0.25) is 0 Å². The summed E-state index contributed by atoms with van der Waals surface area (Å²) in [4.78, 5) is 1.49. The van der Waals surface area contributed by atoms with Gasteiger partial charge in [0.1, 0.15) is 0 Å². The minimum atomic E-state index is 0.518. The second-order valence-corrected chi connectivity index (χ2v) is 7.34. The summed E-state index contributed by atoms with van der Waals surface area (Å²) in [6, 6.07) is 13.5. The van der Waals surface area contributed by atoms with Gasteiger partial charge in [0, 0.05) is 21.9 Å². The average Bonchev–Trinajstić information content (AvgIpc) is 3.14. The van der Waals surface area contributed by atoms with Crippen LogP contribution in [0.2, 0.25) is 0 Å². The van der Waals surface area contributed by atoms with E-state index in [-0.39, 0.29) is 0 Å². The summed E-state index contributed by atoms with van der Waals surface area (Å²) in [6.45, 7) is 0.931. The molecule has 1 nitrogen and oxygen atoms in total. The maximum absolute atomic E-state index is 3.80. The fourth-order valence-corrected chi connectivity index (χ4v) is 4.44. The van der Waals surface area contributed by atoms with Crippen LogP contribution in [0.3, 0.4) is 0 Å². The molecular weight excluding hydrogens is 330 g/mol. The van der Waals surface area contributed by atoms with Gasteiger partial charge in [-0.25, -0.2) is 0 Å². The lowest BCUT2D eigenvalue weighted by atomic mass is 9.96. The number of halogens is 1. The van der Waals surface area contributed by atoms with Gasteiger partial charge in [-0.2, -0.15) is 0 Å². The smallest absolute Gasteiger partial charge is 0.0446 e. The highest BCUT2D eigenvalue weighted by Gasteiger charge is 2.26. The fraction of sp³-hybridized carbons (Fsp3) is 0.412. The van der Waals surface area contributed by atoms with E-state index in [2.05, 4.69) is 63.0 Å². The van der Waals surface area contributed by atoms with Crippen molar-refractivity contribution in [3.05, 3.63) is 56.7 Å². The van der Waals surface area contributed by atoms with E-state index in [1.165, 1.54) is 40.6 Å². The van der Waals surface area contributed by atoms with Gasteiger partial charge in [-0.1, -0.05) is 53.0 Å². The summed E-state index contributed by atoms with van der Waals surface area (Å²) in [6.07, 6.45) is 5.52. The van der Waals surface area contributed by atoms with Gasteiger partial charge in [0.05, 0.1) is 0 Å². The van der Waals surface area contributed by atoms with E-state index < -0.39 is 0 Å². The molecule has 1 unspecified atom stereocenters. The molecule has 0 bridgehead atoms. The van der Waals surface area contributed by atoms with Gasteiger partial charge in [-0.15, -0.1) is 11.3 Å². The van der Waals surface area contributed by atoms with E-state index in [1.54, 1.807) is 0 Å². The largest absolute Gasteiger partial charge is 0.305 e. The third-order valence-corrected chi connectivity index (χ3v) is 5.92. The van der Waals surface area contributed by atoms with Crippen molar-refractivity contribution in [2.75, 3.05) is 0 Å². The minimum Gasteiger partial charge on any atom is -0.305 e. The average molecular weight is 350 g/mol. The number of rotatable bonds is 5. The molecule has 3 heteroatoms. The van der Waals surface area contributed by atoms with Crippen molar-refractivity contribution in [3.63, 3.8) is 0 Å². The Balaban J connectivity index is 1.72. The topological polar surface area (TPSA) is 12.0 Å². The Labute approximate surface area is 133 Å². The predicted octanol–water partition coefficient (Wildman–Crippen LogP) is 5.53. The molecule has 0 amide bonds. The zero-order chi connectivity index (χ0) is 13.8. The number of hydrogen-bond donors (Lipinski definition) is 1. The first kappa shape index (κ1) is 14.3. The van der Waals surface area contributed by atoms with Gasteiger partial charge in [0.25, 0.3) is 0 Å². The number of thiophene rings is 1. The molecule has 2 aromatic rings. The van der Waals surface area contributed by atoms with Gasteiger partial charge >= 0.3 is 0 Å². The first-order chi connectivity index (χ1) is 9.84. The molecule has 1 fully saturated rings. The van der Waals surface area contributed by atoms with Crippen LogP contribution in [0.25, 0.3) is 0 Å². The van der Waals surface area contributed by atoms with Crippen LogP contribution in [0.15, 0.2) is 46.3 Å². The lowest BCUT2D eigenvalue weighted by Crippen LogP contribution is -2.26. The highest BCUT2D eigenvalue weighted by molar-refractivity contribution is 9.10. The molecule has 1 heterocycles. The van der Waals surface area contributed by atoms with Crippen molar-refractivity contribution in [1.82, 2.24) is 5.32 Å². The monoisotopic (exact) mass is 349 g/mol.